The largest absolute Gasteiger partial charge is 0.508 e. The number of hydrogen-bond acceptors (Lipinski definition) is 4. The van der Waals surface area contributed by atoms with Crippen LogP contribution in [-0.2, 0) is 9.09 Å². The molecule has 1 heterocycles. The first-order valence-corrected chi connectivity index (χ1v) is 8.89. The number of allylic oxidation sites excluding steroid dienone is 3. The van der Waals surface area contributed by atoms with Gasteiger partial charge in [0.15, 0.2) is 0 Å². The van der Waals surface area contributed by atoms with Crippen LogP contribution in [-0.4, -0.2) is 10.2 Å². The molecule has 0 radical (unpaired) electrons. The lowest BCUT2D eigenvalue weighted by atomic mass is 10.0. The Labute approximate surface area is 134 Å². The molecule has 1 unspecified atom stereocenters. The predicted molar refractivity (Wildman–Crippen MR) is 91.6 cm³/mol. The molecule has 3 rings (SSSR count). The number of phenols is 2. The fourth-order valence-corrected chi connectivity index (χ4v) is 5.17. The normalized spacial score (nSPS) is 23.6. The van der Waals surface area contributed by atoms with Crippen molar-refractivity contribution in [2.45, 2.75) is 13.8 Å². The summed E-state index contributed by atoms with van der Waals surface area (Å²) in [5, 5.41) is 20.5. The van der Waals surface area contributed by atoms with Crippen molar-refractivity contribution >= 4 is 23.6 Å². The lowest BCUT2D eigenvalue weighted by Crippen LogP contribution is -2.25. The van der Waals surface area contributed by atoms with Crippen molar-refractivity contribution in [2.24, 2.45) is 0 Å². The summed E-state index contributed by atoms with van der Waals surface area (Å²) < 4.78 is 19.6. The van der Waals surface area contributed by atoms with Gasteiger partial charge in [-0.25, -0.2) is 0 Å². The van der Waals surface area contributed by atoms with Gasteiger partial charge in [-0.15, -0.1) is 0 Å². The van der Waals surface area contributed by atoms with E-state index >= 15 is 0 Å². The van der Waals surface area contributed by atoms with Crippen LogP contribution >= 0.6 is 7.37 Å². The molecule has 0 saturated carbocycles. The Balaban J connectivity index is 2.36. The molecule has 0 saturated heterocycles. The maximum Gasteiger partial charge on any atom is 0.311 e. The zero-order valence-electron chi connectivity index (χ0n) is 12.9. The Bertz CT molecular complexity index is 880. The highest BCUT2D eigenvalue weighted by Gasteiger charge is 2.40. The zero-order valence-corrected chi connectivity index (χ0v) is 13.7. The van der Waals surface area contributed by atoms with Crippen LogP contribution in [0.15, 0.2) is 60.4 Å². The minimum Gasteiger partial charge on any atom is -0.508 e. The first-order chi connectivity index (χ1) is 11.0. The summed E-state index contributed by atoms with van der Waals surface area (Å²) in [5.74, 6) is 0.255. The van der Waals surface area contributed by atoms with E-state index in [2.05, 4.69) is 0 Å². The molecule has 1 aliphatic rings. The van der Waals surface area contributed by atoms with Crippen LogP contribution in [0.3, 0.4) is 0 Å². The number of aromatic hydroxyl groups is 2. The van der Waals surface area contributed by atoms with E-state index in [1.807, 2.05) is 25.1 Å². The predicted octanol–water partition coefficient (Wildman–Crippen LogP) is 3.66. The molecule has 1 atom stereocenters. The van der Waals surface area contributed by atoms with Crippen LogP contribution in [0.5, 0.6) is 11.5 Å². The molecule has 2 N–H and O–H groups in total. The molecule has 5 heteroatoms. The quantitative estimate of drug-likeness (QED) is 0.619. The lowest BCUT2D eigenvalue weighted by molar-refractivity contribution is 0.429. The van der Waals surface area contributed by atoms with E-state index in [9.17, 15) is 14.8 Å². The van der Waals surface area contributed by atoms with Crippen LogP contribution in [0.4, 0.5) is 0 Å². The van der Waals surface area contributed by atoms with Gasteiger partial charge < -0.3 is 14.7 Å². The Hall–Kier alpha value is -2.45. The molecule has 0 spiro atoms. The van der Waals surface area contributed by atoms with E-state index in [0.717, 1.165) is 11.1 Å². The van der Waals surface area contributed by atoms with E-state index in [4.69, 9.17) is 4.52 Å². The highest BCUT2D eigenvalue weighted by molar-refractivity contribution is 7.75. The zero-order chi connectivity index (χ0) is 16.6. The van der Waals surface area contributed by atoms with Gasteiger partial charge in [0.1, 0.15) is 17.3 Å². The molecule has 1 aliphatic heterocycles. The first-order valence-electron chi connectivity index (χ1n) is 7.26. The van der Waals surface area contributed by atoms with Gasteiger partial charge in [0.2, 0.25) is 0 Å². The van der Waals surface area contributed by atoms with Gasteiger partial charge in [0, 0.05) is 5.57 Å². The molecular weight excluding hydrogens is 311 g/mol. The molecule has 118 valence electrons. The topological polar surface area (TPSA) is 66.8 Å². The molecule has 0 aromatic heterocycles. The maximum absolute atomic E-state index is 13.7. The summed E-state index contributed by atoms with van der Waals surface area (Å²) in [6.45, 7) is 3.69. The molecular formula is C18H17O4P. The van der Waals surface area contributed by atoms with Crippen molar-refractivity contribution in [3.05, 3.63) is 65.9 Å². The summed E-state index contributed by atoms with van der Waals surface area (Å²) >= 11 is 0. The van der Waals surface area contributed by atoms with E-state index in [-0.39, 0.29) is 16.8 Å². The number of hydrogen-bond donors (Lipinski definition) is 2. The van der Waals surface area contributed by atoms with Crippen molar-refractivity contribution in [3.63, 3.8) is 0 Å². The van der Waals surface area contributed by atoms with Crippen LogP contribution in [0.1, 0.15) is 19.4 Å². The third-order valence-electron chi connectivity index (χ3n) is 3.83. The molecule has 4 nitrogen and oxygen atoms in total. The fourth-order valence-electron chi connectivity index (χ4n) is 2.76. The summed E-state index contributed by atoms with van der Waals surface area (Å²) in [6.07, 6.45) is 3.65. The average Bonchev–Trinajstić information content (AvgIpc) is 2.57. The molecule has 2 aromatic carbocycles. The second kappa shape index (κ2) is 5.64. The Morgan fingerprint density at radius 3 is 2.43 bits per heavy atom. The van der Waals surface area contributed by atoms with Crippen LogP contribution in [0.25, 0.3) is 5.57 Å². The summed E-state index contributed by atoms with van der Waals surface area (Å²) in [7, 11) is -3.56. The standard InChI is InChI=1S/C18H17O4P/c1-3-13-14-7-5-6-8-17(14)23(21,22-16(13)4-2)18-11-12(19)9-10-15(18)20/h3-11,19-20H,1-2H3/b13-3-,16-4+. The van der Waals surface area contributed by atoms with E-state index < -0.39 is 7.37 Å². The minimum atomic E-state index is -3.56. The number of phenolic OH excluding ortho intramolecular Hbond substituents is 2. The smallest absolute Gasteiger partial charge is 0.311 e. The third-order valence-corrected chi connectivity index (χ3v) is 6.30. The molecule has 2 aromatic rings. The van der Waals surface area contributed by atoms with Gasteiger partial charge in [0.25, 0.3) is 0 Å². The monoisotopic (exact) mass is 328 g/mol. The second-order valence-corrected chi connectivity index (χ2v) is 7.44. The third kappa shape index (κ3) is 2.36. The highest BCUT2D eigenvalue weighted by atomic mass is 31.2. The van der Waals surface area contributed by atoms with Crippen molar-refractivity contribution in [2.75, 3.05) is 0 Å². The van der Waals surface area contributed by atoms with Gasteiger partial charge in [-0.1, -0.05) is 24.3 Å². The van der Waals surface area contributed by atoms with Gasteiger partial charge in [-0.2, -0.15) is 0 Å². The summed E-state index contributed by atoms with van der Waals surface area (Å²) in [4.78, 5) is 0. The van der Waals surface area contributed by atoms with Gasteiger partial charge >= 0.3 is 7.37 Å². The minimum absolute atomic E-state index is 0.0760. The average molecular weight is 328 g/mol. The number of fused-ring (bicyclic) bond motifs is 1. The van der Waals surface area contributed by atoms with Crippen LogP contribution < -0.4 is 10.6 Å². The van der Waals surface area contributed by atoms with Crippen molar-refractivity contribution in [3.8, 4) is 11.5 Å². The molecule has 0 bridgehead atoms. The fraction of sp³-hybridized carbons (Fsp3) is 0.111. The second-order valence-electron chi connectivity index (χ2n) is 5.19. The number of rotatable bonds is 1. The Kier molecular flexibility index (Phi) is 3.78. The van der Waals surface area contributed by atoms with E-state index in [1.54, 1.807) is 25.1 Å². The van der Waals surface area contributed by atoms with Gasteiger partial charge in [0.05, 0.1) is 10.6 Å². The lowest BCUT2D eigenvalue weighted by Gasteiger charge is -2.30. The van der Waals surface area contributed by atoms with Gasteiger partial charge in [-0.3, -0.25) is 4.57 Å². The summed E-state index contributed by atoms with van der Waals surface area (Å²) in [5.41, 5.74) is 1.66. The highest BCUT2D eigenvalue weighted by Crippen LogP contribution is 2.55. The van der Waals surface area contributed by atoms with E-state index in [0.29, 0.717) is 11.1 Å². The van der Waals surface area contributed by atoms with Crippen LogP contribution in [0, 0.1) is 0 Å². The van der Waals surface area contributed by atoms with Crippen molar-refractivity contribution in [1.82, 2.24) is 0 Å². The molecule has 0 amide bonds. The van der Waals surface area contributed by atoms with Gasteiger partial charge in [-0.05, 0) is 49.8 Å². The molecule has 0 aliphatic carbocycles. The first kappa shape index (κ1) is 15.4. The Morgan fingerprint density at radius 2 is 1.74 bits per heavy atom. The van der Waals surface area contributed by atoms with E-state index in [1.165, 1.54) is 18.2 Å². The summed E-state index contributed by atoms with van der Waals surface area (Å²) in [6, 6.07) is 11.2. The van der Waals surface area contributed by atoms with Crippen LogP contribution in [0.2, 0.25) is 0 Å². The number of benzene rings is 2. The maximum atomic E-state index is 13.7. The van der Waals surface area contributed by atoms with Crippen molar-refractivity contribution < 1.29 is 19.3 Å². The molecule has 23 heavy (non-hydrogen) atoms. The SMILES string of the molecule is C/C=C1\C(=C/C)OP(=O)(c2cc(O)ccc2O)c2ccccc21. The van der Waals surface area contributed by atoms with Crippen molar-refractivity contribution in [1.29, 1.82) is 0 Å². The molecule has 0 fully saturated rings. The Morgan fingerprint density at radius 1 is 1.00 bits per heavy atom.